The highest BCUT2D eigenvalue weighted by molar-refractivity contribution is 7.98. The van der Waals surface area contributed by atoms with Crippen LogP contribution in [0.1, 0.15) is 46.8 Å². The number of carbonyl (C=O) groups is 3. The van der Waals surface area contributed by atoms with Crippen molar-refractivity contribution in [3.63, 3.8) is 0 Å². The lowest BCUT2D eigenvalue weighted by Crippen LogP contribution is -2.38. The molecule has 3 aromatic carbocycles. The molecule has 39 heavy (non-hydrogen) atoms. The smallest absolute Gasteiger partial charge is 0.415 e. The van der Waals surface area contributed by atoms with E-state index < -0.39 is 23.6 Å². The van der Waals surface area contributed by atoms with Crippen molar-refractivity contribution in [2.24, 2.45) is 5.92 Å². The van der Waals surface area contributed by atoms with Crippen molar-refractivity contribution >= 4 is 29.6 Å². The molecule has 0 radical (unpaired) electrons. The van der Waals surface area contributed by atoms with Gasteiger partial charge in [0.2, 0.25) is 0 Å². The number of carboxylic acids is 1. The quantitative estimate of drug-likeness (QED) is 0.259. The number of carbonyl (C=O) groups excluding carboxylic acids is 2. The van der Waals surface area contributed by atoms with Crippen LogP contribution in [0.15, 0.2) is 71.6 Å². The van der Waals surface area contributed by atoms with Crippen molar-refractivity contribution in [3.8, 4) is 11.5 Å². The standard InChI is InChI=1S/C31H33NO6S/c1-19-11-16-24(20(2)28(19)38-31(3,4)29(34)35)25-17-32(30(36)37-22-9-7-6-8-10-22)18-26(25)27(33)21-12-14-23(39-5)15-13-21/h6-16,25-26H,17-18H2,1-5H3,(H,34,35)/t25-,26+/m1/s1. The third-order valence-corrected chi connectivity index (χ3v) is 7.90. The number of ketones is 1. The first kappa shape index (κ1) is 28.2. The van der Waals surface area contributed by atoms with Gasteiger partial charge in [0.05, 0.1) is 0 Å². The van der Waals surface area contributed by atoms with E-state index in [1.54, 1.807) is 40.9 Å². The summed E-state index contributed by atoms with van der Waals surface area (Å²) in [5, 5.41) is 9.63. The molecule has 1 aliphatic heterocycles. The SMILES string of the molecule is CSc1ccc(C(=O)[C@H]2CN(C(=O)Oc3ccccc3)C[C@@H]2c2ccc(C)c(OC(C)(C)C(=O)O)c2C)cc1. The molecule has 1 fully saturated rings. The minimum absolute atomic E-state index is 0.0593. The Morgan fingerprint density at radius 2 is 1.62 bits per heavy atom. The zero-order valence-corrected chi connectivity index (χ0v) is 23.6. The van der Waals surface area contributed by atoms with Crippen LogP contribution in [0.3, 0.4) is 0 Å². The molecule has 1 aliphatic rings. The fourth-order valence-electron chi connectivity index (χ4n) is 4.86. The Morgan fingerprint density at radius 1 is 0.949 bits per heavy atom. The Hall–Kier alpha value is -3.78. The number of para-hydroxylation sites is 1. The summed E-state index contributed by atoms with van der Waals surface area (Å²) < 4.78 is 11.6. The van der Waals surface area contributed by atoms with E-state index in [-0.39, 0.29) is 24.8 Å². The van der Waals surface area contributed by atoms with E-state index in [2.05, 4.69) is 0 Å². The lowest BCUT2D eigenvalue weighted by atomic mass is 9.81. The summed E-state index contributed by atoms with van der Waals surface area (Å²) in [4.78, 5) is 41.4. The third-order valence-electron chi connectivity index (χ3n) is 7.15. The molecular formula is C31H33NO6S. The molecule has 1 amide bonds. The Kier molecular flexibility index (Phi) is 8.35. The van der Waals surface area contributed by atoms with E-state index in [4.69, 9.17) is 9.47 Å². The maximum absolute atomic E-state index is 13.8. The van der Waals surface area contributed by atoms with Gasteiger partial charge in [-0.15, -0.1) is 11.8 Å². The number of benzene rings is 3. The maximum Gasteiger partial charge on any atom is 0.415 e. The molecule has 0 aromatic heterocycles. The molecule has 204 valence electrons. The van der Waals surface area contributed by atoms with Crippen LogP contribution in [0, 0.1) is 19.8 Å². The van der Waals surface area contributed by atoms with Crippen LogP contribution in [0.25, 0.3) is 0 Å². The van der Waals surface area contributed by atoms with Gasteiger partial charge in [-0.3, -0.25) is 4.79 Å². The Balaban J connectivity index is 1.71. The molecular weight excluding hydrogens is 514 g/mol. The number of nitrogens with zero attached hydrogens (tertiary/aromatic N) is 1. The van der Waals surface area contributed by atoms with Crippen LogP contribution in [-0.4, -0.2) is 52.8 Å². The number of amides is 1. The average Bonchev–Trinajstić information content (AvgIpc) is 3.36. The van der Waals surface area contributed by atoms with Crippen LogP contribution in [0.4, 0.5) is 4.79 Å². The van der Waals surface area contributed by atoms with Crippen LogP contribution >= 0.6 is 11.8 Å². The number of aliphatic carboxylic acids is 1. The van der Waals surface area contributed by atoms with Gasteiger partial charge in [-0.25, -0.2) is 9.59 Å². The number of ether oxygens (including phenoxy) is 2. The van der Waals surface area contributed by atoms with Gasteiger partial charge in [0.1, 0.15) is 11.5 Å². The summed E-state index contributed by atoms with van der Waals surface area (Å²) in [6, 6.07) is 20.1. The van der Waals surface area contributed by atoms with Gasteiger partial charge in [0, 0.05) is 35.4 Å². The van der Waals surface area contributed by atoms with Crippen LogP contribution in [0.2, 0.25) is 0 Å². The summed E-state index contributed by atoms with van der Waals surface area (Å²) >= 11 is 1.60. The molecule has 1 saturated heterocycles. The zero-order valence-electron chi connectivity index (χ0n) is 22.8. The third kappa shape index (κ3) is 6.11. The second kappa shape index (κ2) is 11.5. The van der Waals surface area contributed by atoms with Gasteiger partial charge in [-0.1, -0.05) is 42.5 Å². The molecule has 0 aliphatic carbocycles. The zero-order chi connectivity index (χ0) is 28.3. The molecule has 2 atom stereocenters. The molecule has 3 aromatic rings. The van der Waals surface area contributed by atoms with E-state index in [0.29, 0.717) is 17.1 Å². The van der Waals surface area contributed by atoms with E-state index >= 15 is 0 Å². The normalized spacial score (nSPS) is 17.1. The molecule has 0 bridgehead atoms. The van der Waals surface area contributed by atoms with Crippen molar-refractivity contribution in [1.82, 2.24) is 4.90 Å². The number of hydrogen-bond donors (Lipinski definition) is 1. The molecule has 4 rings (SSSR count). The summed E-state index contributed by atoms with van der Waals surface area (Å²) in [5.41, 5.74) is 1.52. The predicted molar refractivity (Wildman–Crippen MR) is 151 cm³/mol. The number of likely N-dealkylation sites (tertiary alicyclic amines) is 1. The van der Waals surface area contributed by atoms with Crippen LogP contribution < -0.4 is 9.47 Å². The van der Waals surface area contributed by atoms with E-state index in [9.17, 15) is 19.5 Å². The van der Waals surface area contributed by atoms with Crippen LogP contribution in [-0.2, 0) is 4.79 Å². The second-order valence-corrected chi connectivity index (χ2v) is 11.1. The molecule has 0 unspecified atom stereocenters. The number of rotatable bonds is 8. The van der Waals surface area contributed by atoms with Crippen molar-refractivity contribution in [3.05, 3.63) is 89.0 Å². The van der Waals surface area contributed by atoms with Gasteiger partial charge in [0.25, 0.3) is 0 Å². The first-order valence-electron chi connectivity index (χ1n) is 12.7. The molecule has 1 N–H and O–H groups in total. The van der Waals surface area contributed by atoms with Gasteiger partial charge < -0.3 is 19.5 Å². The minimum atomic E-state index is -1.44. The fourth-order valence-corrected chi connectivity index (χ4v) is 5.27. The van der Waals surface area contributed by atoms with E-state index in [0.717, 1.165) is 21.6 Å². The maximum atomic E-state index is 13.8. The highest BCUT2D eigenvalue weighted by Crippen LogP contribution is 2.41. The highest BCUT2D eigenvalue weighted by Gasteiger charge is 2.42. The summed E-state index contributed by atoms with van der Waals surface area (Å²) in [7, 11) is 0. The average molecular weight is 548 g/mol. The molecule has 0 saturated carbocycles. The topological polar surface area (TPSA) is 93.1 Å². The number of Topliss-reactive ketones (excluding diaryl/α,β-unsaturated/α-hetero) is 1. The van der Waals surface area contributed by atoms with Gasteiger partial charge in [-0.05, 0) is 74.9 Å². The van der Waals surface area contributed by atoms with Crippen molar-refractivity contribution < 1.29 is 29.0 Å². The lowest BCUT2D eigenvalue weighted by Gasteiger charge is -2.27. The van der Waals surface area contributed by atoms with Crippen molar-refractivity contribution in [1.29, 1.82) is 0 Å². The Bertz CT molecular complexity index is 1370. The van der Waals surface area contributed by atoms with Gasteiger partial charge in [-0.2, -0.15) is 0 Å². The largest absolute Gasteiger partial charge is 0.478 e. The lowest BCUT2D eigenvalue weighted by molar-refractivity contribution is -0.152. The van der Waals surface area contributed by atoms with Crippen LogP contribution in [0.5, 0.6) is 11.5 Å². The number of aryl methyl sites for hydroxylation is 1. The molecule has 1 heterocycles. The van der Waals surface area contributed by atoms with Crippen molar-refractivity contribution in [2.45, 2.75) is 44.1 Å². The predicted octanol–water partition coefficient (Wildman–Crippen LogP) is 6.36. The second-order valence-electron chi connectivity index (χ2n) is 10.2. The number of thioether (sulfide) groups is 1. The molecule has 7 nitrogen and oxygen atoms in total. The van der Waals surface area contributed by atoms with Crippen molar-refractivity contribution in [2.75, 3.05) is 19.3 Å². The fraction of sp³-hybridized carbons (Fsp3) is 0.323. The first-order valence-corrected chi connectivity index (χ1v) is 14.0. The summed E-state index contributed by atoms with van der Waals surface area (Å²) in [5.74, 6) is -1.09. The summed E-state index contributed by atoms with van der Waals surface area (Å²) in [6.07, 6.45) is 1.46. The summed E-state index contributed by atoms with van der Waals surface area (Å²) in [6.45, 7) is 7.21. The van der Waals surface area contributed by atoms with Gasteiger partial charge >= 0.3 is 12.1 Å². The number of hydrogen-bond acceptors (Lipinski definition) is 6. The Morgan fingerprint density at radius 3 is 2.23 bits per heavy atom. The number of carboxylic acid groups (broad SMARTS) is 1. The highest BCUT2D eigenvalue weighted by atomic mass is 32.2. The molecule has 8 heteroatoms. The van der Waals surface area contributed by atoms with Gasteiger partial charge in [0.15, 0.2) is 11.4 Å². The van der Waals surface area contributed by atoms with E-state index in [1.165, 1.54) is 13.8 Å². The minimum Gasteiger partial charge on any atom is -0.478 e. The van der Waals surface area contributed by atoms with E-state index in [1.807, 2.05) is 62.6 Å². The Labute approximate surface area is 233 Å². The monoisotopic (exact) mass is 547 g/mol. The first-order chi connectivity index (χ1) is 18.5. The molecule has 0 spiro atoms.